The maximum absolute atomic E-state index is 12.3. The van der Waals surface area contributed by atoms with Gasteiger partial charge in [0.25, 0.3) is 0 Å². The zero-order valence-electron chi connectivity index (χ0n) is 7.52. The molecule has 0 bridgehead atoms. The van der Waals surface area contributed by atoms with Gasteiger partial charge in [-0.15, -0.1) is 0 Å². The van der Waals surface area contributed by atoms with Crippen molar-refractivity contribution in [3.05, 3.63) is 0 Å². The third-order valence-electron chi connectivity index (χ3n) is 2.60. The molecule has 0 aromatic carbocycles. The second-order valence-corrected chi connectivity index (χ2v) is 3.77. The van der Waals surface area contributed by atoms with E-state index in [0.29, 0.717) is 13.0 Å². The zero-order valence-corrected chi connectivity index (χ0v) is 7.52. The molecule has 1 spiro atoms. The quantitative estimate of drug-likeness (QED) is 0.653. The molecule has 14 heavy (non-hydrogen) atoms. The number of nitrogens with zero attached hydrogens (tertiary/aromatic N) is 1. The van der Waals surface area contributed by atoms with Crippen LogP contribution in [0.1, 0.15) is 19.3 Å². The molecular weight excluding hydrogens is 197 g/mol. The molecule has 2 aliphatic heterocycles. The maximum atomic E-state index is 12.3. The number of hydrogen-bond donors (Lipinski definition) is 1. The summed E-state index contributed by atoms with van der Waals surface area (Å²) in [6.07, 6.45) is -2.99. The topological polar surface area (TPSA) is 33.6 Å². The van der Waals surface area contributed by atoms with Crippen LogP contribution in [0.15, 0.2) is 5.16 Å². The van der Waals surface area contributed by atoms with Crippen LogP contribution in [-0.2, 0) is 4.84 Å². The number of oxime groups is 1. The van der Waals surface area contributed by atoms with Crippen LogP contribution in [0.2, 0.25) is 0 Å². The van der Waals surface area contributed by atoms with Crippen molar-refractivity contribution in [3.63, 3.8) is 0 Å². The van der Waals surface area contributed by atoms with Gasteiger partial charge in [0, 0.05) is 13.0 Å². The summed E-state index contributed by atoms with van der Waals surface area (Å²) in [6, 6.07) is 0. The smallest absolute Gasteiger partial charge is 0.387 e. The van der Waals surface area contributed by atoms with E-state index in [0.717, 1.165) is 13.0 Å². The van der Waals surface area contributed by atoms with Crippen LogP contribution >= 0.6 is 0 Å². The monoisotopic (exact) mass is 208 g/mol. The highest BCUT2D eigenvalue weighted by atomic mass is 19.4. The van der Waals surface area contributed by atoms with Crippen LogP contribution < -0.4 is 5.32 Å². The van der Waals surface area contributed by atoms with Gasteiger partial charge in [-0.3, -0.25) is 0 Å². The lowest BCUT2D eigenvalue weighted by atomic mass is 9.89. The largest absolute Gasteiger partial charge is 0.432 e. The summed E-state index contributed by atoms with van der Waals surface area (Å²) in [6.45, 7) is 1.29. The third kappa shape index (κ3) is 1.70. The van der Waals surface area contributed by atoms with Gasteiger partial charge in [0.05, 0.1) is 0 Å². The molecule has 2 rings (SSSR count). The predicted molar refractivity (Wildman–Crippen MR) is 44.0 cm³/mol. The first kappa shape index (κ1) is 9.76. The highest BCUT2D eigenvalue weighted by Gasteiger charge is 2.49. The second kappa shape index (κ2) is 3.12. The SMILES string of the molecule is FC(F)(F)C1=NO[C@]2(CCCNC2)C1. The summed E-state index contributed by atoms with van der Waals surface area (Å²) in [5.74, 6) is 0. The van der Waals surface area contributed by atoms with E-state index >= 15 is 0 Å². The molecule has 0 unspecified atom stereocenters. The van der Waals surface area contributed by atoms with Crippen LogP contribution in [0.3, 0.4) is 0 Å². The minimum Gasteiger partial charge on any atom is -0.387 e. The Morgan fingerprint density at radius 3 is 2.71 bits per heavy atom. The highest BCUT2D eigenvalue weighted by molar-refractivity contribution is 5.91. The molecule has 6 heteroatoms. The van der Waals surface area contributed by atoms with Gasteiger partial charge in [-0.2, -0.15) is 13.2 Å². The van der Waals surface area contributed by atoms with E-state index in [1.165, 1.54) is 0 Å². The highest BCUT2D eigenvalue weighted by Crippen LogP contribution is 2.35. The van der Waals surface area contributed by atoms with Crippen molar-refractivity contribution in [2.45, 2.75) is 31.0 Å². The minimum absolute atomic E-state index is 0.122. The van der Waals surface area contributed by atoms with E-state index in [1.54, 1.807) is 0 Å². The number of alkyl halides is 3. The van der Waals surface area contributed by atoms with E-state index in [2.05, 4.69) is 10.5 Å². The number of nitrogens with one attached hydrogen (secondary N) is 1. The van der Waals surface area contributed by atoms with Crippen molar-refractivity contribution in [3.8, 4) is 0 Å². The molecule has 3 nitrogen and oxygen atoms in total. The molecule has 0 amide bonds. The lowest BCUT2D eigenvalue weighted by Crippen LogP contribution is -2.46. The van der Waals surface area contributed by atoms with Crippen LogP contribution in [-0.4, -0.2) is 30.6 Å². The summed E-state index contributed by atoms with van der Waals surface area (Å²) in [5, 5.41) is 6.16. The minimum atomic E-state index is -4.35. The lowest BCUT2D eigenvalue weighted by Gasteiger charge is -2.31. The van der Waals surface area contributed by atoms with Crippen LogP contribution in [0.25, 0.3) is 0 Å². The number of hydrogen-bond acceptors (Lipinski definition) is 3. The molecule has 80 valence electrons. The first-order valence-electron chi connectivity index (χ1n) is 4.55. The average Bonchev–Trinajstić information content (AvgIpc) is 2.50. The Morgan fingerprint density at radius 2 is 2.21 bits per heavy atom. The fourth-order valence-electron chi connectivity index (χ4n) is 1.84. The van der Waals surface area contributed by atoms with Crippen molar-refractivity contribution in [2.75, 3.05) is 13.1 Å². The molecule has 0 aromatic rings. The van der Waals surface area contributed by atoms with Crippen LogP contribution in [0.5, 0.6) is 0 Å². The van der Waals surface area contributed by atoms with Gasteiger partial charge >= 0.3 is 6.18 Å². The van der Waals surface area contributed by atoms with Gasteiger partial charge in [-0.1, -0.05) is 5.16 Å². The lowest BCUT2D eigenvalue weighted by molar-refractivity contribution is -0.0604. The van der Waals surface area contributed by atoms with Crippen LogP contribution in [0.4, 0.5) is 13.2 Å². The standard InChI is InChI=1S/C8H11F3N2O/c9-8(10,11)6-4-7(14-13-6)2-1-3-12-5-7/h12H,1-5H2/t7-/m1/s1. The van der Waals surface area contributed by atoms with E-state index in [4.69, 9.17) is 4.84 Å². The van der Waals surface area contributed by atoms with Crippen molar-refractivity contribution in [1.29, 1.82) is 0 Å². The molecule has 0 aromatic heterocycles. The predicted octanol–water partition coefficient (Wildman–Crippen LogP) is 1.45. The van der Waals surface area contributed by atoms with E-state index in [1.807, 2.05) is 0 Å². The number of halogens is 3. The summed E-state index contributed by atoms with van der Waals surface area (Å²) < 4.78 is 36.8. The summed E-state index contributed by atoms with van der Waals surface area (Å²) >= 11 is 0. The van der Waals surface area contributed by atoms with E-state index in [-0.39, 0.29) is 6.42 Å². The molecule has 2 aliphatic rings. The van der Waals surface area contributed by atoms with Crippen molar-refractivity contribution in [1.82, 2.24) is 5.32 Å². The second-order valence-electron chi connectivity index (χ2n) is 3.77. The van der Waals surface area contributed by atoms with E-state index < -0.39 is 17.5 Å². The Kier molecular flexibility index (Phi) is 2.17. The number of piperidine rings is 1. The Bertz CT molecular complexity index is 256. The first-order valence-corrected chi connectivity index (χ1v) is 4.55. The van der Waals surface area contributed by atoms with Gasteiger partial charge in [-0.05, 0) is 19.4 Å². The Labute approximate surface area is 79.3 Å². The maximum Gasteiger partial charge on any atom is 0.432 e. The fourth-order valence-corrected chi connectivity index (χ4v) is 1.84. The molecule has 0 radical (unpaired) electrons. The molecule has 2 heterocycles. The van der Waals surface area contributed by atoms with Gasteiger partial charge in [-0.25, -0.2) is 0 Å². The molecule has 0 saturated carbocycles. The van der Waals surface area contributed by atoms with Gasteiger partial charge < -0.3 is 10.2 Å². The Morgan fingerprint density at radius 1 is 1.43 bits per heavy atom. The zero-order chi connectivity index (χ0) is 10.2. The number of rotatable bonds is 0. The molecule has 0 aliphatic carbocycles. The van der Waals surface area contributed by atoms with Crippen LogP contribution in [0, 0.1) is 0 Å². The summed E-state index contributed by atoms with van der Waals surface area (Å²) in [7, 11) is 0. The van der Waals surface area contributed by atoms with E-state index in [9.17, 15) is 13.2 Å². The molecule has 1 saturated heterocycles. The Balaban J connectivity index is 2.03. The summed E-state index contributed by atoms with van der Waals surface area (Å²) in [4.78, 5) is 4.93. The Hall–Kier alpha value is -0.780. The molecule has 1 fully saturated rings. The van der Waals surface area contributed by atoms with Crippen molar-refractivity contribution >= 4 is 5.71 Å². The van der Waals surface area contributed by atoms with Crippen molar-refractivity contribution in [2.24, 2.45) is 5.16 Å². The van der Waals surface area contributed by atoms with Gasteiger partial charge in [0.15, 0.2) is 11.3 Å². The van der Waals surface area contributed by atoms with Gasteiger partial charge in [0.2, 0.25) is 0 Å². The third-order valence-corrected chi connectivity index (χ3v) is 2.60. The summed E-state index contributed by atoms with van der Waals surface area (Å²) in [5.41, 5.74) is -1.52. The first-order chi connectivity index (χ1) is 6.52. The van der Waals surface area contributed by atoms with Crippen molar-refractivity contribution < 1.29 is 18.0 Å². The molecule has 1 atom stereocenters. The molecule has 1 N–H and O–H groups in total. The average molecular weight is 208 g/mol. The van der Waals surface area contributed by atoms with Gasteiger partial charge in [0.1, 0.15) is 0 Å². The fraction of sp³-hybridized carbons (Fsp3) is 0.875. The normalized spacial score (nSPS) is 32.9. The molecular formula is C8H11F3N2O.